The van der Waals surface area contributed by atoms with Gasteiger partial charge in [0, 0.05) is 39.0 Å². The van der Waals surface area contributed by atoms with Crippen LogP contribution in [-0.2, 0) is 33.6 Å². The highest BCUT2D eigenvalue weighted by atomic mass is 19.1. The number of carbonyl (C=O) groups is 3. The van der Waals surface area contributed by atoms with E-state index in [1.54, 1.807) is 26.2 Å². The van der Waals surface area contributed by atoms with Crippen LogP contribution in [0.4, 0.5) is 4.39 Å². The average Bonchev–Trinajstić information content (AvgIpc) is 3.13. The summed E-state index contributed by atoms with van der Waals surface area (Å²) >= 11 is 0. The number of hydrogen-bond donors (Lipinski definition) is 2. The summed E-state index contributed by atoms with van der Waals surface area (Å²) in [5.74, 6) is -1.39. The third-order valence-electron chi connectivity index (χ3n) is 9.17. The molecule has 2 unspecified atom stereocenters. The van der Waals surface area contributed by atoms with Crippen molar-refractivity contribution in [2.24, 2.45) is 0 Å². The summed E-state index contributed by atoms with van der Waals surface area (Å²) in [4.78, 5) is 44.7. The maximum Gasteiger partial charge on any atom is 0.246 e. The van der Waals surface area contributed by atoms with Gasteiger partial charge in [-0.3, -0.25) is 14.4 Å². The second-order valence-corrected chi connectivity index (χ2v) is 13.3. The molecule has 0 aliphatic carbocycles. The van der Waals surface area contributed by atoms with Crippen molar-refractivity contribution in [3.63, 3.8) is 0 Å². The van der Waals surface area contributed by atoms with Crippen molar-refractivity contribution in [1.29, 1.82) is 0 Å². The summed E-state index contributed by atoms with van der Waals surface area (Å²) in [7, 11) is 5.09. The molecule has 2 N–H and O–H groups in total. The van der Waals surface area contributed by atoms with E-state index < -0.39 is 12.1 Å². The van der Waals surface area contributed by atoms with Gasteiger partial charge in [-0.15, -0.1) is 0 Å². The summed E-state index contributed by atoms with van der Waals surface area (Å²) in [6.07, 6.45) is 4.98. The molecule has 0 saturated carbocycles. The first kappa shape index (κ1) is 37.7. The Morgan fingerprint density at radius 1 is 0.720 bits per heavy atom. The van der Waals surface area contributed by atoms with Crippen LogP contribution in [-0.4, -0.2) is 72.8 Å². The average molecular weight is 677 g/mol. The number of amides is 3. The molecule has 0 spiro atoms. The number of benzene rings is 4. The Morgan fingerprint density at radius 3 is 1.86 bits per heavy atom. The molecule has 2 atom stereocenters. The Labute approximate surface area is 296 Å². The monoisotopic (exact) mass is 676 g/mol. The molecule has 0 aliphatic rings. The van der Waals surface area contributed by atoms with Crippen molar-refractivity contribution in [3.8, 4) is 11.1 Å². The topological polar surface area (TPSA) is 81.8 Å². The molecule has 0 radical (unpaired) electrons. The minimum Gasteiger partial charge on any atom is -0.354 e. The van der Waals surface area contributed by atoms with Gasteiger partial charge in [-0.05, 0) is 79.8 Å². The zero-order chi connectivity index (χ0) is 36.1. The van der Waals surface area contributed by atoms with Gasteiger partial charge in [-0.25, -0.2) is 4.39 Å². The van der Waals surface area contributed by atoms with Crippen LogP contribution in [0.25, 0.3) is 11.1 Å². The van der Waals surface area contributed by atoms with Gasteiger partial charge in [0.2, 0.25) is 17.7 Å². The van der Waals surface area contributed by atoms with E-state index in [0.717, 1.165) is 22.3 Å². The molecule has 4 aromatic carbocycles. The third-order valence-corrected chi connectivity index (χ3v) is 9.17. The first-order valence-corrected chi connectivity index (χ1v) is 17.1. The molecule has 4 aromatic rings. The van der Waals surface area contributed by atoms with Crippen LogP contribution in [0.1, 0.15) is 37.0 Å². The fourth-order valence-electron chi connectivity index (χ4n) is 5.64. The van der Waals surface area contributed by atoms with Crippen molar-refractivity contribution in [1.82, 2.24) is 20.4 Å². The van der Waals surface area contributed by atoms with Crippen LogP contribution in [0.3, 0.4) is 0 Å². The lowest BCUT2D eigenvalue weighted by atomic mass is 9.98. The minimum absolute atomic E-state index is 0.175. The number of carbonyl (C=O) groups excluding carboxylic acids is 3. The van der Waals surface area contributed by atoms with E-state index in [0.29, 0.717) is 24.9 Å². The Kier molecular flexibility index (Phi) is 13.6. The van der Waals surface area contributed by atoms with Gasteiger partial charge in [0.15, 0.2) is 0 Å². The number of rotatable bonds is 16. The van der Waals surface area contributed by atoms with Crippen molar-refractivity contribution >= 4 is 17.7 Å². The van der Waals surface area contributed by atoms with Crippen LogP contribution >= 0.6 is 0 Å². The molecule has 0 aliphatic heterocycles. The molecular weight excluding hydrogens is 627 g/mol. The molecule has 50 heavy (non-hydrogen) atoms. The fourth-order valence-corrected chi connectivity index (χ4v) is 5.64. The minimum atomic E-state index is -0.901. The molecule has 0 saturated heterocycles. The van der Waals surface area contributed by atoms with Gasteiger partial charge in [-0.2, -0.15) is 0 Å². The van der Waals surface area contributed by atoms with Gasteiger partial charge in [-0.1, -0.05) is 103 Å². The van der Waals surface area contributed by atoms with E-state index in [1.807, 2.05) is 112 Å². The van der Waals surface area contributed by atoms with Crippen LogP contribution in [0, 0.1) is 5.82 Å². The lowest BCUT2D eigenvalue weighted by molar-refractivity contribution is -0.146. The van der Waals surface area contributed by atoms with Gasteiger partial charge in [0.25, 0.3) is 0 Å². The van der Waals surface area contributed by atoms with E-state index in [4.69, 9.17) is 0 Å². The van der Waals surface area contributed by atoms with Crippen LogP contribution in [0.2, 0.25) is 0 Å². The zero-order valence-corrected chi connectivity index (χ0v) is 29.7. The Hall–Kier alpha value is -5.08. The van der Waals surface area contributed by atoms with E-state index in [1.165, 1.54) is 28.0 Å². The smallest absolute Gasteiger partial charge is 0.246 e. The quantitative estimate of drug-likeness (QED) is 0.138. The van der Waals surface area contributed by atoms with E-state index >= 15 is 0 Å². The molecule has 0 heterocycles. The SMILES string of the molecule is CNC(C)(C)C/C=C/C(=O)N(C)C(Cc1ccc(-c2ccccc2)cc1)C(=O)N(C)C(Cc1ccc(F)cc1)C(=O)NCCc1ccccc1. The second kappa shape index (κ2) is 18.1. The van der Waals surface area contributed by atoms with Gasteiger partial charge in [0.05, 0.1) is 0 Å². The van der Waals surface area contributed by atoms with Crippen molar-refractivity contribution in [2.45, 2.75) is 57.2 Å². The fraction of sp³-hybridized carbons (Fsp3) is 0.310. The van der Waals surface area contributed by atoms with Crippen molar-refractivity contribution in [3.05, 3.63) is 144 Å². The highest BCUT2D eigenvalue weighted by Gasteiger charge is 2.35. The van der Waals surface area contributed by atoms with Crippen LogP contribution < -0.4 is 10.6 Å². The maximum atomic E-state index is 14.5. The summed E-state index contributed by atoms with van der Waals surface area (Å²) in [5, 5.41) is 6.23. The lowest BCUT2D eigenvalue weighted by Crippen LogP contribution is -2.56. The van der Waals surface area contributed by atoms with Gasteiger partial charge >= 0.3 is 0 Å². The molecule has 7 nitrogen and oxygen atoms in total. The standard InChI is InChI=1S/C42H49FN4O3/c1-42(2,44-3)27-12-17-39(48)46(4)38(30-32-18-22-35(23-19-32)34-15-10-7-11-16-34)41(50)47(5)37(29-33-20-24-36(43)25-21-33)40(49)45-28-26-31-13-8-6-9-14-31/h6-25,37-38,44H,26-30H2,1-5H3,(H,45,49)/b17-12+. The summed E-state index contributed by atoms with van der Waals surface area (Å²) in [6, 6.07) is 31.9. The molecule has 0 fully saturated rings. The second-order valence-electron chi connectivity index (χ2n) is 13.3. The van der Waals surface area contributed by atoms with E-state index in [-0.39, 0.29) is 41.9 Å². The number of halogens is 1. The molecule has 262 valence electrons. The maximum absolute atomic E-state index is 14.5. The predicted octanol–water partition coefficient (Wildman–Crippen LogP) is 6.24. The molecule has 0 bridgehead atoms. The summed E-state index contributed by atoms with van der Waals surface area (Å²) in [6.45, 7) is 4.46. The highest BCUT2D eigenvalue weighted by Crippen LogP contribution is 2.22. The molecular formula is C42H49FN4O3. The number of nitrogens with zero attached hydrogens (tertiary/aromatic N) is 2. The zero-order valence-electron chi connectivity index (χ0n) is 29.7. The normalized spacial score (nSPS) is 12.7. The summed E-state index contributed by atoms with van der Waals surface area (Å²) < 4.78 is 13.8. The lowest BCUT2D eigenvalue weighted by Gasteiger charge is -2.34. The third kappa shape index (κ3) is 11.0. The highest BCUT2D eigenvalue weighted by molar-refractivity contribution is 5.95. The molecule has 3 amide bonds. The molecule has 8 heteroatoms. The Morgan fingerprint density at radius 2 is 1.26 bits per heavy atom. The molecule has 0 aromatic heterocycles. The van der Waals surface area contributed by atoms with E-state index in [2.05, 4.69) is 10.6 Å². The first-order chi connectivity index (χ1) is 24.0. The number of hydrogen-bond acceptors (Lipinski definition) is 4. The van der Waals surface area contributed by atoms with Crippen molar-refractivity contribution in [2.75, 3.05) is 27.7 Å². The number of nitrogens with one attached hydrogen (secondary N) is 2. The molecule has 4 rings (SSSR count). The van der Waals surface area contributed by atoms with Gasteiger partial charge < -0.3 is 20.4 Å². The first-order valence-electron chi connectivity index (χ1n) is 17.1. The largest absolute Gasteiger partial charge is 0.354 e. The Balaban J connectivity index is 1.60. The predicted molar refractivity (Wildman–Crippen MR) is 199 cm³/mol. The summed E-state index contributed by atoms with van der Waals surface area (Å²) in [5.41, 5.74) is 4.58. The van der Waals surface area contributed by atoms with Crippen molar-refractivity contribution < 1.29 is 18.8 Å². The van der Waals surface area contributed by atoms with E-state index in [9.17, 15) is 18.8 Å². The number of likely N-dealkylation sites (N-methyl/N-ethyl adjacent to an activating group) is 2. The van der Waals surface area contributed by atoms with Crippen LogP contribution in [0.5, 0.6) is 0 Å². The van der Waals surface area contributed by atoms with Crippen LogP contribution in [0.15, 0.2) is 121 Å². The Bertz CT molecular complexity index is 1710. The van der Waals surface area contributed by atoms with Gasteiger partial charge in [0.1, 0.15) is 17.9 Å².